The fraction of sp³-hybridized carbons (Fsp3) is 0.364. The first-order valence-corrected chi connectivity index (χ1v) is 11.4. The SMILES string of the molecule is Cc1ccc(CCC(=O)Nc2cccc(S(=O)(=O)NC3=NCCCCC3)c2)cc1. The molecule has 1 aliphatic heterocycles. The van der Waals surface area contributed by atoms with E-state index < -0.39 is 10.0 Å². The second-order valence-corrected chi connectivity index (χ2v) is 8.99. The van der Waals surface area contributed by atoms with Crippen LogP contribution in [0.1, 0.15) is 43.2 Å². The summed E-state index contributed by atoms with van der Waals surface area (Å²) in [5, 5.41) is 2.79. The Bertz CT molecular complexity index is 983. The van der Waals surface area contributed by atoms with Crippen molar-refractivity contribution in [3.63, 3.8) is 0 Å². The Morgan fingerprint density at radius 2 is 1.86 bits per heavy atom. The Morgan fingerprint density at radius 3 is 2.66 bits per heavy atom. The van der Waals surface area contributed by atoms with E-state index in [1.54, 1.807) is 12.1 Å². The van der Waals surface area contributed by atoms with Crippen molar-refractivity contribution >= 4 is 27.5 Å². The number of amidine groups is 1. The topological polar surface area (TPSA) is 87.6 Å². The third kappa shape index (κ3) is 6.42. The molecule has 1 aliphatic rings. The molecule has 0 unspecified atom stereocenters. The summed E-state index contributed by atoms with van der Waals surface area (Å²) in [7, 11) is -3.73. The van der Waals surface area contributed by atoms with Crippen molar-refractivity contribution in [2.45, 2.75) is 50.3 Å². The summed E-state index contributed by atoms with van der Waals surface area (Å²) in [4.78, 5) is 16.7. The Kier molecular flexibility index (Phi) is 7.04. The molecule has 6 nitrogen and oxygen atoms in total. The van der Waals surface area contributed by atoms with Gasteiger partial charge in [-0.05, 0) is 49.9 Å². The summed E-state index contributed by atoms with van der Waals surface area (Å²) in [5.74, 6) is 0.358. The Hall–Kier alpha value is -2.67. The third-order valence-electron chi connectivity index (χ3n) is 4.82. The van der Waals surface area contributed by atoms with E-state index in [-0.39, 0.29) is 10.8 Å². The summed E-state index contributed by atoms with van der Waals surface area (Å²) >= 11 is 0. The van der Waals surface area contributed by atoms with Gasteiger partial charge in [-0.2, -0.15) is 0 Å². The largest absolute Gasteiger partial charge is 0.326 e. The van der Waals surface area contributed by atoms with Crippen LogP contribution in [0.25, 0.3) is 0 Å². The van der Waals surface area contributed by atoms with Gasteiger partial charge in [-0.1, -0.05) is 42.3 Å². The van der Waals surface area contributed by atoms with E-state index in [2.05, 4.69) is 15.0 Å². The number of carbonyl (C=O) groups is 1. The minimum atomic E-state index is -3.73. The summed E-state index contributed by atoms with van der Waals surface area (Å²) < 4.78 is 28.0. The monoisotopic (exact) mass is 413 g/mol. The highest BCUT2D eigenvalue weighted by atomic mass is 32.2. The molecule has 2 aromatic carbocycles. The molecule has 0 aromatic heterocycles. The highest BCUT2D eigenvalue weighted by Gasteiger charge is 2.18. The molecule has 3 rings (SSSR count). The van der Waals surface area contributed by atoms with Gasteiger partial charge in [0.15, 0.2) is 0 Å². The van der Waals surface area contributed by atoms with Crippen LogP contribution < -0.4 is 10.0 Å². The van der Waals surface area contributed by atoms with Gasteiger partial charge in [-0.15, -0.1) is 0 Å². The van der Waals surface area contributed by atoms with E-state index >= 15 is 0 Å². The molecule has 0 saturated carbocycles. The molecule has 0 radical (unpaired) electrons. The molecule has 2 aromatic rings. The predicted octanol–water partition coefficient (Wildman–Crippen LogP) is 3.82. The van der Waals surface area contributed by atoms with Gasteiger partial charge in [0.1, 0.15) is 5.84 Å². The van der Waals surface area contributed by atoms with Gasteiger partial charge in [0.25, 0.3) is 10.0 Å². The standard InChI is InChI=1S/C22H27N3O3S/c1-17-9-11-18(12-10-17)13-14-22(26)24-19-6-5-7-20(16-19)29(27,28)25-21-8-3-2-4-15-23-21/h5-7,9-12,16H,2-4,8,13-15H2,1H3,(H,23,25)(H,24,26). The van der Waals surface area contributed by atoms with E-state index in [4.69, 9.17) is 0 Å². The van der Waals surface area contributed by atoms with Gasteiger partial charge in [0.05, 0.1) is 4.90 Å². The van der Waals surface area contributed by atoms with Crippen LogP contribution >= 0.6 is 0 Å². The van der Waals surface area contributed by atoms with Crippen LogP contribution in [-0.2, 0) is 21.2 Å². The number of carbonyl (C=O) groups excluding carboxylic acids is 1. The number of hydrogen-bond donors (Lipinski definition) is 2. The second-order valence-electron chi connectivity index (χ2n) is 7.31. The van der Waals surface area contributed by atoms with Crippen LogP contribution in [-0.4, -0.2) is 26.7 Å². The van der Waals surface area contributed by atoms with E-state index in [1.807, 2.05) is 31.2 Å². The van der Waals surface area contributed by atoms with Crippen LogP contribution in [0.3, 0.4) is 0 Å². The quantitative estimate of drug-likeness (QED) is 0.755. The average molecular weight is 414 g/mol. The van der Waals surface area contributed by atoms with Crippen LogP contribution in [0.5, 0.6) is 0 Å². The van der Waals surface area contributed by atoms with Crippen molar-refractivity contribution in [3.8, 4) is 0 Å². The first kappa shape index (κ1) is 21.0. The molecule has 0 fully saturated rings. The molecule has 7 heteroatoms. The number of hydrogen-bond acceptors (Lipinski definition) is 4. The van der Waals surface area contributed by atoms with Crippen molar-refractivity contribution in [2.75, 3.05) is 11.9 Å². The Labute approximate surface area is 172 Å². The molecular weight excluding hydrogens is 386 g/mol. The summed E-state index contributed by atoms with van der Waals surface area (Å²) in [6.45, 7) is 2.67. The fourth-order valence-electron chi connectivity index (χ4n) is 3.15. The summed E-state index contributed by atoms with van der Waals surface area (Å²) in [5.41, 5.74) is 2.74. The summed E-state index contributed by atoms with van der Waals surface area (Å²) in [6, 6.07) is 14.4. The molecule has 1 heterocycles. The number of nitrogens with zero attached hydrogens (tertiary/aromatic N) is 1. The average Bonchev–Trinajstić information content (AvgIpc) is 2.96. The molecular formula is C22H27N3O3S. The zero-order valence-electron chi connectivity index (χ0n) is 16.6. The first-order chi connectivity index (χ1) is 13.9. The van der Waals surface area contributed by atoms with Gasteiger partial charge >= 0.3 is 0 Å². The molecule has 1 amide bonds. The lowest BCUT2D eigenvalue weighted by atomic mass is 10.1. The van der Waals surface area contributed by atoms with E-state index in [9.17, 15) is 13.2 Å². The van der Waals surface area contributed by atoms with Crippen LogP contribution in [0.2, 0.25) is 0 Å². The Morgan fingerprint density at radius 1 is 1.07 bits per heavy atom. The van der Waals surface area contributed by atoms with Crippen LogP contribution in [0.15, 0.2) is 58.4 Å². The van der Waals surface area contributed by atoms with Crippen molar-refractivity contribution in [3.05, 3.63) is 59.7 Å². The number of amides is 1. The van der Waals surface area contributed by atoms with Crippen LogP contribution in [0.4, 0.5) is 5.69 Å². The van der Waals surface area contributed by atoms with E-state index in [0.29, 0.717) is 37.3 Å². The number of benzene rings is 2. The maximum atomic E-state index is 12.7. The first-order valence-electron chi connectivity index (χ1n) is 9.94. The molecule has 29 heavy (non-hydrogen) atoms. The molecule has 0 bridgehead atoms. The van der Waals surface area contributed by atoms with Gasteiger partial charge < -0.3 is 5.32 Å². The van der Waals surface area contributed by atoms with Gasteiger partial charge in [-0.25, -0.2) is 8.42 Å². The van der Waals surface area contributed by atoms with E-state index in [0.717, 1.165) is 24.8 Å². The molecule has 2 N–H and O–H groups in total. The number of sulfonamides is 1. The van der Waals surface area contributed by atoms with Gasteiger partial charge in [0, 0.05) is 25.1 Å². The lowest BCUT2D eigenvalue weighted by Crippen LogP contribution is -2.30. The fourth-order valence-corrected chi connectivity index (χ4v) is 4.28. The lowest BCUT2D eigenvalue weighted by Gasteiger charge is -2.11. The predicted molar refractivity (Wildman–Crippen MR) is 116 cm³/mol. The van der Waals surface area contributed by atoms with Crippen molar-refractivity contribution in [2.24, 2.45) is 4.99 Å². The van der Waals surface area contributed by atoms with Crippen molar-refractivity contribution in [1.82, 2.24) is 4.72 Å². The zero-order chi connectivity index (χ0) is 20.7. The van der Waals surface area contributed by atoms with Gasteiger partial charge in [-0.3, -0.25) is 14.5 Å². The minimum Gasteiger partial charge on any atom is -0.326 e. The van der Waals surface area contributed by atoms with Crippen molar-refractivity contribution < 1.29 is 13.2 Å². The molecule has 154 valence electrons. The molecule has 0 atom stereocenters. The maximum absolute atomic E-state index is 12.7. The third-order valence-corrected chi connectivity index (χ3v) is 6.19. The Balaban J connectivity index is 1.61. The van der Waals surface area contributed by atoms with E-state index in [1.165, 1.54) is 17.7 Å². The molecule has 0 saturated heterocycles. The van der Waals surface area contributed by atoms with Crippen molar-refractivity contribution in [1.29, 1.82) is 0 Å². The molecule has 0 spiro atoms. The maximum Gasteiger partial charge on any atom is 0.262 e. The number of rotatable bonds is 6. The zero-order valence-corrected chi connectivity index (χ0v) is 17.5. The number of nitrogens with one attached hydrogen (secondary N) is 2. The molecule has 0 aliphatic carbocycles. The number of aryl methyl sites for hydroxylation is 2. The minimum absolute atomic E-state index is 0.112. The van der Waals surface area contributed by atoms with Gasteiger partial charge in [0.2, 0.25) is 5.91 Å². The number of anilines is 1. The second kappa shape index (κ2) is 9.69. The lowest BCUT2D eigenvalue weighted by molar-refractivity contribution is -0.116. The highest BCUT2D eigenvalue weighted by Crippen LogP contribution is 2.17. The normalized spacial score (nSPS) is 14.6. The summed E-state index contributed by atoms with van der Waals surface area (Å²) in [6.07, 6.45) is 4.56. The highest BCUT2D eigenvalue weighted by molar-refractivity contribution is 7.90. The number of aliphatic imine (C=N–C) groups is 1. The van der Waals surface area contributed by atoms with Crippen LogP contribution in [0, 0.1) is 6.92 Å². The smallest absolute Gasteiger partial charge is 0.262 e.